The first-order chi connectivity index (χ1) is 19.6. The van der Waals surface area contributed by atoms with Crippen molar-refractivity contribution in [2.24, 2.45) is 5.92 Å². The Balaban J connectivity index is 1.38. The van der Waals surface area contributed by atoms with E-state index in [4.69, 9.17) is 0 Å². The van der Waals surface area contributed by atoms with Crippen molar-refractivity contribution in [1.82, 2.24) is 25.5 Å². The molecule has 2 aliphatic rings. The van der Waals surface area contributed by atoms with E-state index in [1.165, 1.54) is 18.5 Å². The summed E-state index contributed by atoms with van der Waals surface area (Å²) in [5.41, 5.74) is 0.159. The zero-order valence-corrected chi connectivity index (χ0v) is 24.4. The number of piperidine rings is 1. The summed E-state index contributed by atoms with van der Waals surface area (Å²) in [6, 6.07) is 4.41. The standard InChI is InChI=1S/C29H38F3N7OS/c1-4-7-24(34-16-19-12-21(13-19)37-25(40)5-2)28(6-3,17-33)39-10-8-20(9-11-39)38-26-23-14-22(15-29(30,31)32)41-27(23)36-18-35-26/h5,7,14,18-21,34H,2,4,6,8-13,15-16H2,1,3H3,(H,37,40)(H,35,36,38)/b24-7+. The number of aromatic nitrogens is 2. The molecular formula is C29H38F3N7OS. The molecule has 0 bridgehead atoms. The minimum Gasteiger partial charge on any atom is -0.386 e. The smallest absolute Gasteiger partial charge is 0.386 e. The van der Waals surface area contributed by atoms with Gasteiger partial charge in [0.1, 0.15) is 22.5 Å². The number of likely N-dealkylation sites (tertiary alicyclic amines) is 1. The molecule has 41 heavy (non-hydrogen) atoms. The molecule has 1 amide bonds. The van der Waals surface area contributed by atoms with Gasteiger partial charge in [0, 0.05) is 42.3 Å². The molecule has 222 valence electrons. The third-order valence-corrected chi connectivity index (χ3v) is 9.07. The monoisotopic (exact) mass is 589 g/mol. The van der Waals surface area contributed by atoms with Crippen LogP contribution < -0.4 is 16.0 Å². The van der Waals surface area contributed by atoms with Crippen LogP contribution >= 0.6 is 11.3 Å². The van der Waals surface area contributed by atoms with Crippen LogP contribution in [0.2, 0.25) is 0 Å². The van der Waals surface area contributed by atoms with E-state index in [1.54, 1.807) is 0 Å². The summed E-state index contributed by atoms with van der Waals surface area (Å²) in [5, 5.41) is 21.1. The molecule has 1 unspecified atom stereocenters. The van der Waals surface area contributed by atoms with Crippen LogP contribution in [0.3, 0.4) is 0 Å². The zero-order chi connectivity index (χ0) is 29.6. The van der Waals surface area contributed by atoms with Crippen LogP contribution in [0.4, 0.5) is 19.0 Å². The molecule has 4 rings (SSSR count). The van der Waals surface area contributed by atoms with Gasteiger partial charge in [-0.3, -0.25) is 9.69 Å². The number of rotatable bonds is 12. The Kier molecular flexibility index (Phi) is 9.92. The van der Waals surface area contributed by atoms with Crippen molar-refractivity contribution in [2.75, 3.05) is 25.0 Å². The molecule has 2 aromatic heterocycles. The van der Waals surface area contributed by atoms with Crippen molar-refractivity contribution in [1.29, 1.82) is 5.26 Å². The molecule has 1 aliphatic heterocycles. The van der Waals surface area contributed by atoms with E-state index in [1.807, 2.05) is 6.92 Å². The summed E-state index contributed by atoms with van der Waals surface area (Å²) in [6.07, 6.45) is 4.29. The SMILES string of the molecule is C=CC(=O)NC1CC(CN/C(=C/CC)C(C#N)(CC)N2CCC(Nc3ncnc4sc(CC(F)(F)F)cc34)CC2)C1. The summed E-state index contributed by atoms with van der Waals surface area (Å²) in [4.78, 5) is 23.0. The fourth-order valence-corrected chi connectivity index (χ4v) is 6.85. The predicted molar refractivity (Wildman–Crippen MR) is 155 cm³/mol. The molecule has 2 aromatic rings. The molecule has 1 saturated carbocycles. The van der Waals surface area contributed by atoms with Gasteiger partial charge in [-0.2, -0.15) is 18.4 Å². The van der Waals surface area contributed by atoms with E-state index < -0.39 is 18.1 Å². The third-order valence-electron chi connectivity index (χ3n) is 8.03. The minimum absolute atomic E-state index is 0.0767. The number of amides is 1. The molecule has 1 saturated heterocycles. The van der Waals surface area contributed by atoms with E-state index in [2.05, 4.69) is 56.5 Å². The number of halogens is 3. The van der Waals surface area contributed by atoms with Gasteiger partial charge in [0.15, 0.2) is 0 Å². The van der Waals surface area contributed by atoms with Crippen LogP contribution in [0, 0.1) is 17.2 Å². The lowest BCUT2D eigenvalue weighted by atomic mass is 9.79. The molecule has 3 N–H and O–H groups in total. The Hall–Kier alpha value is -3.17. The van der Waals surface area contributed by atoms with Gasteiger partial charge in [-0.15, -0.1) is 11.3 Å². The highest BCUT2D eigenvalue weighted by Crippen LogP contribution is 2.35. The molecule has 0 spiro atoms. The quantitative estimate of drug-likeness (QED) is 0.288. The lowest BCUT2D eigenvalue weighted by Crippen LogP contribution is -2.56. The predicted octanol–water partition coefficient (Wildman–Crippen LogP) is 5.31. The summed E-state index contributed by atoms with van der Waals surface area (Å²) < 4.78 is 38.8. The fraction of sp³-hybridized carbons (Fsp3) is 0.586. The van der Waals surface area contributed by atoms with Crippen molar-refractivity contribution in [3.05, 3.63) is 41.7 Å². The van der Waals surface area contributed by atoms with Crippen molar-refractivity contribution < 1.29 is 18.0 Å². The van der Waals surface area contributed by atoms with Crippen LogP contribution in [-0.2, 0) is 11.2 Å². The minimum atomic E-state index is -4.27. The number of anilines is 1. The first-order valence-corrected chi connectivity index (χ1v) is 15.0. The molecule has 0 aromatic carbocycles. The Morgan fingerprint density at radius 3 is 2.59 bits per heavy atom. The lowest BCUT2D eigenvalue weighted by molar-refractivity contribution is -0.126. The lowest BCUT2D eigenvalue weighted by Gasteiger charge is -2.45. The summed E-state index contributed by atoms with van der Waals surface area (Å²) in [7, 11) is 0. The Bertz CT molecular complexity index is 1290. The number of hydrogen-bond acceptors (Lipinski definition) is 8. The van der Waals surface area contributed by atoms with Gasteiger partial charge < -0.3 is 16.0 Å². The second kappa shape index (κ2) is 13.2. The Morgan fingerprint density at radius 2 is 1.98 bits per heavy atom. The first-order valence-electron chi connectivity index (χ1n) is 14.2. The van der Waals surface area contributed by atoms with Crippen molar-refractivity contribution in [3.8, 4) is 6.07 Å². The van der Waals surface area contributed by atoms with Crippen LogP contribution in [0.1, 0.15) is 57.2 Å². The highest BCUT2D eigenvalue weighted by atomic mass is 32.1. The molecule has 3 heterocycles. The number of alkyl halides is 3. The van der Waals surface area contributed by atoms with Gasteiger partial charge >= 0.3 is 6.18 Å². The molecule has 12 heteroatoms. The van der Waals surface area contributed by atoms with Crippen LogP contribution in [0.15, 0.2) is 36.8 Å². The Labute approximate surface area is 243 Å². The van der Waals surface area contributed by atoms with Gasteiger partial charge in [-0.25, -0.2) is 9.97 Å². The number of hydrogen-bond donors (Lipinski definition) is 3. The highest BCUT2D eigenvalue weighted by Gasteiger charge is 2.42. The van der Waals surface area contributed by atoms with Crippen LogP contribution in [0.25, 0.3) is 10.2 Å². The molecule has 1 aliphatic carbocycles. The van der Waals surface area contributed by atoms with Crippen LogP contribution in [-0.4, -0.2) is 64.2 Å². The number of nitrogens with one attached hydrogen (secondary N) is 3. The molecule has 8 nitrogen and oxygen atoms in total. The Morgan fingerprint density at radius 1 is 1.24 bits per heavy atom. The molecular weight excluding hydrogens is 551 g/mol. The third kappa shape index (κ3) is 7.38. The number of allylic oxidation sites excluding steroid dienone is 1. The van der Waals surface area contributed by atoms with Gasteiger partial charge in [0.2, 0.25) is 5.91 Å². The van der Waals surface area contributed by atoms with E-state index >= 15 is 0 Å². The van der Waals surface area contributed by atoms with E-state index in [9.17, 15) is 23.2 Å². The largest absolute Gasteiger partial charge is 0.393 e. The average molecular weight is 590 g/mol. The summed E-state index contributed by atoms with van der Waals surface area (Å²) >= 11 is 1.04. The topological polar surface area (TPSA) is 106 Å². The normalized spacial score (nSPS) is 21.9. The second-order valence-corrected chi connectivity index (χ2v) is 11.9. The van der Waals surface area contributed by atoms with E-state index in [-0.39, 0.29) is 22.9 Å². The van der Waals surface area contributed by atoms with E-state index in [0.29, 0.717) is 41.5 Å². The zero-order valence-electron chi connectivity index (χ0n) is 23.6. The maximum atomic E-state index is 12.9. The number of thiophene rings is 1. The summed E-state index contributed by atoms with van der Waals surface area (Å²) in [6.45, 7) is 9.73. The molecule has 0 radical (unpaired) electrons. The average Bonchev–Trinajstić information content (AvgIpc) is 3.33. The van der Waals surface area contributed by atoms with E-state index in [0.717, 1.165) is 55.7 Å². The number of nitriles is 1. The van der Waals surface area contributed by atoms with Gasteiger partial charge in [-0.1, -0.05) is 26.5 Å². The number of nitrogens with zero attached hydrogens (tertiary/aromatic N) is 4. The highest BCUT2D eigenvalue weighted by molar-refractivity contribution is 7.18. The summed E-state index contributed by atoms with van der Waals surface area (Å²) in [5.74, 6) is 0.828. The van der Waals surface area contributed by atoms with Crippen LogP contribution in [0.5, 0.6) is 0 Å². The number of carbonyl (C=O) groups excluding carboxylic acids is 1. The first kappa shape index (κ1) is 30.8. The van der Waals surface area contributed by atoms with Crippen molar-refractivity contribution in [3.63, 3.8) is 0 Å². The van der Waals surface area contributed by atoms with Gasteiger partial charge in [0.25, 0.3) is 0 Å². The number of fused-ring (bicyclic) bond motifs is 1. The molecule has 1 atom stereocenters. The second-order valence-electron chi connectivity index (χ2n) is 10.8. The van der Waals surface area contributed by atoms with Crippen molar-refractivity contribution in [2.45, 2.75) is 82.6 Å². The molecule has 2 fully saturated rings. The fourth-order valence-electron chi connectivity index (χ4n) is 5.82. The van der Waals surface area contributed by atoms with Gasteiger partial charge in [-0.05, 0) is 56.6 Å². The van der Waals surface area contributed by atoms with Crippen molar-refractivity contribution >= 4 is 33.3 Å². The maximum Gasteiger partial charge on any atom is 0.393 e. The maximum absolute atomic E-state index is 12.9. The van der Waals surface area contributed by atoms with Gasteiger partial charge in [0.05, 0.1) is 17.9 Å². The number of carbonyl (C=O) groups is 1.